The van der Waals surface area contributed by atoms with E-state index in [2.05, 4.69) is 6.07 Å². The lowest BCUT2D eigenvalue weighted by Gasteiger charge is -2.17. The predicted molar refractivity (Wildman–Crippen MR) is 78.3 cm³/mol. The van der Waals surface area contributed by atoms with Crippen LogP contribution < -0.4 is 4.74 Å². The van der Waals surface area contributed by atoms with Crippen molar-refractivity contribution in [3.63, 3.8) is 0 Å². The van der Waals surface area contributed by atoms with E-state index in [0.717, 1.165) is 16.9 Å². The van der Waals surface area contributed by atoms with Crippen LogP contribution in [-0.4, -0.2) is 42.1 Å². The lowest BCUT2D eigenvalue weighted by atomic mass is 10.1. The molecular weight excluding hydrogens is 270 g/mol. The minimum Gasteiger partial charge on any atom is -0.492 e. The number of ether oxygens (including phenoxy) is 1. The van der Waals surface area contributed by atoms with E-state index in [0.29, 0.717) is 19.6 Å². The zero-order valence-corrected chi connectivity index (χ0v) is 12.6. The highest BCUT2D eigenvalue weighted by molar-refractivity contribution is 5.89. The van der Waals surface area contributed by atoms with E-state index < -0.39 is 11.9 Å². The second kappa shape index (κ2) is 6.16. The predicted octanol–water partition coefficient (Wildman–Crippen LogP) is 1.86. The number of carboxylic acids is 1. The summed E-state index contributed by atoms with van der Waals surface area (Å²) in [7, 11) is 1.68. The first-order valence-corrected chi connectivity index (χ1v) is 7.07. The third kappa shape index (κ3) is 3.97. The number of aliphatic carboxylic acids is 1. The summed E-state index contributed by atoms with van der Waals surface area (Å²) in [6.45, 7) is 4.87. The van der Waals surface area contributed by atoms with E-state index in [4.69, 9.17) is 9.84 Å². The molecule has 2 unspecified atom stereocenters. The number of nitrogens with zero attached hydrogens (tertiary/aromatic N) is 1. The first-order valence-electron chi connectivity index (χ1n) is 7.07. The number of carbonyl (C=O) groups is 2. The van der Waals surface area contributed by atoms with Gasteiger partial charge in [-0.1, -0.05) is 6.07 Å². The highest BCUT2D eigenvalue weighted by atomic mass is 16.5. The van der Waals surface area contributed by atoms with Gasteiger partial charge in [0.2, 0.25) is 5.91 Å². The van der Waals surface area contributed by atoms with Crippen molar-refractivity contribution in [3.05, 3.63) is 29.3 Å². The Labute approximate surface area is 124 Å². The number of amides is 1. The Morgan fingerprint density at radius 3 is 2.38 bits per heavy atom. The quantitative estimate of drug-likeness (QED) is 0.868. The normalized spacial score (nSPS) is 20.0. The van der Waals surface area contributed by atoms with Crippen molar-refractivity contribution in [2.24, 2.45) is 11.8 Å². The lowest BCUT2D eigenvalue weighted by molar-refractivity contribution is -0.141. The third-order valence-corrected chi connectivity index (χ3v) is 3.69. The summed E-state index contributed by atoms with van der Waals surface area (Å²) < 4.78 is 5.65. The molecule has 5 nitrogen and oxygen atoms in total. The maximum absolute atomic E-state index is 12.0. The van der Waals surface area contributed by atoms with Gasteiger partial charge in [0.1, 0.15) is 12.4 Å². The molecule has 1 aliphatic rings. The van der Waals surface area contributed by atoms with Crippen LogP contribution in [0.15, 0.2) is 18.2 Å². The van der Waals surface area contributed by atoms with E-state index in [9.17, 15) is 9.59 Å². The number of carbonyl (C=O) groups excluding carboxylic acids is 1. The van der Waals surface area contributed by atoms with Crippen LogP contribution in [0.3, 0.4) is 0 Å². The molecule has 0 aromatic heterocycles. The van der Waals surface area contributed by atoms with E-state index in [1.165, 1.54) is 0 Å². The summed E-state index contributed by atoms with van der Waals surface area (Å²) >= 11 is 0. The molecule has 1 amide bonds. The van der Waals surface area contributed by atoms with Gasteiger partial charge in [-0.25, -0.2) is 0 Å². The molecule has 114 valence electrons. The molecule has 0 heterocycles. The zero-order valence-electron chi connectivity index (χ0n) is 12.6. The molecule has 2 rings (SSSR count). The van der Waals surface area contributed by atoms with Gasteiger partial charge in [0.15, 0.2) is 0 Å². The van der Waals surface area contributed by atoms with E-state index in [-0.39, 0.29) is 11.8 Å². The van der Waals surface area contributed by atoms with Crippen LogP contribution in [0.2, 0.25) is 0 Å². The van der Waals surface area contributed by atoms with Crippen molar-refractivity contribution in [1.29, 1.82) is 0 Å². The SMILES string of the molecule is Cc1cc(C)cc(OCCN(C)C(=O)C2CC2C(=O)O)c1. The van der Waals surface area contributed by atoms with Gasteiger partial charge in [0.25, 0.3) is 0 Å². The van der Waals surface area contributed by atoms with Crippen LogP contribution in [0, 0.1) is 25.7 Å². The average molecular weight is 291 g/mol. The number of benzene rings is 1. The first kappa shape index (κ1) is 15.4. The Kier molecular flexibility index (Phi) is 4.50. The molecule has 0 saturated heterocycles. The molecule has 0 spiro atoms. The Morgan fingerprint density at radius 1 is 1.24 bits per heavy atom. The summed E-state index contributed by atoms with van der Waals surface area (Å²) in [5.74, 6) is -1.04. The van der Waals surface area contributed by atoms with Gasteiger partial charge in [0.05, 0.1) is 18.4 Å². The molecule has 1 aromatic rings. The van der Waals surface area contributed by atoms with Crippen molar-refractivity contribution in [3.8, 4) is 5.75 Å². The van der Waals surface area contributed by atoms with E-state index in [1.807, 2.05) is 26.0 Å². The molecule has 1 aromatic carbocycles. The second-order valence-electron chi connectivity index (χ2n) is 5.72. The van der Waals surface area contributed by atoms with Crippen molar-refractivity contribution in [1.82, 2.24) is 4.90 Å². The van der Waals surface area contributed by atoms with Gasteiger partial charge >= 0.3 is 5.97 Å². The van der Waals surface area contributed by atoms with Gasteiger partial charge in [-0.3, -0.25) is 9.59 Å². The number of rotatable bonds is 6. The van der Waals surface area contributed by atoms with Crippen LogP contribution in [0.5, 0.6) is 5.75 Å². The lowest BCUT2D eigenvalue weighted by Crippen LogP contribution is -2.32. The van der Waals surface area contributed by atoms with Crippen molar-refractivity contribution >= 4 is 11.9 Å². The van der Waals surface area contributed by atoms with Gasteiger partial charge in [0, 0.05) is 7.05 Å². The summed E-state index contributed by atoms with van der Waals surface area (Å²) in [5, 5.41) is 8.84. The number of likely N-dealkylation sites (N-methyl/N-ethyl adjacent to an activating group) is 1. The highest BCUT2D eigenvalue weighted by Gasteiger charge is 2.49. The van der Waals surface area contributed by atoms with Crippen LogP contribution in [0.4, 0.5) is 0 Å². The minimum absolute atomic E-state index is 0.105. The third-order valence-electron chi connectivity index (χ3n) is 3.69. The fourth-order valence-electron chi connectivity index (χ4n) is 2.45. The van der Waals surface area contributed by atoms with Crippen LogP contribution in [-0.2, 0) is 9.59 Å². The van der Waals surface area contributed by atoms with Crippen LogP contribution in [0.1, 0.15) is 17.5 Å². The van der Waals surface area contributed by atoms with E-state index in [1.54, 1.807) is 11.9 Å². The molecule has 0 bridgehead atoms. The maximum Gasteiger partial charge on any atom is 0.307 e. The average Bonchev–Trinajstić information content (AvgIpc) is 3.16. The maximum atomic E-state index is 12.0. The fraction of sp³-hybridized carbons (Fsp3) is 0.500. The van der Waals surface area contributed by atoms with Crippen LogP contribution >= 0.6 is 0 Å². The summed E-state index contributed by atoms with van der Waals surface area (Å²) in [5.41, 5.74) is 2.27. The summed E-state index contributed by atoms with van der Waals surface area (Å²) in [6.07, 6.45) is 0.455. The number of hydrogen-bond donors (Lipinski definition) is 1. The highest BCUT2D eigenvalue weighted by Crippen LogP contribution is 2.39. The minimum atomic E-state index is -0.881. The number of carboxylic acid groups (broad SMARTS) is 1. The van der Waals surface area contributed by atoms with E-state index >= 15 is 0 Å². The van der Waals surface area contributed by atoms with Gasteiger partial charge in [-0.2, -0.15) is 0 Å². The molecule has 1 N–H and O–H groups in total. The molecule has 1 saturated carbocycles. The fourth-order valence-corrected chi connectivity index (χ4v) is 2.45. The molecule has 21 heavy (non-hydrogen) atoms. The molecule has 0 radical (unpaired) electrons. The first-order chi connectivity index (χ1) is 9.88. The van der Waals surface area contributed by atoms with Crippen molar-refractivity contribution in [2.45, 2.75) is 20.3 Å². The van der Waals surface area contributed by atoms with Crippen LogP contribution in [0.25, 0.3) is 0 Å². The molecule has 0 aliphatic heterocycles. The Bertz CT molecular complexity index is 535. The smallest absolute Gasteiger partial charge is 0.307 e. The zero-order chi connectivity index (χ0) is 15.6. The Morgan fingerprint density at radius 2 is 1.86 bits per heavy atom. The van der Waals surface area contributed by atoms with Gasteiger partial charge < -0.3 is 14.7 Å². The molecular formula is C16H21NO4. The summed E-state index contributed by atoms with van der Waals surface area (Å²) in [4.78, 5) is 24.3. The number of aryl methyl sites for hydroxylation is 2. The van der Waals surface area contributed by atoms with Gasteiger partial charge in [-0.15, -0.1) is 0 Å². The Hall–Kier alpha value is -2.04. The standard InChI is InChI=1S/C16H21NO4/c1-10-6-11(2)8-12(7-10)21-5-4-17(3)15(18)13-9-14(13)16(19)20/h6-8,13-14H,4-5,9H2,1-3H3,(H,19,20). The second-order valence-corrected chi connectivity index (χ2v) is 5.72. The molecule has 1 aliphatic carbocycles. The van der Waals surface area contributed by atoms with Crippen molar-refractivity contribution in [2.75, 3.05) is 20.2 Å². The summed E-state index contributed by atoms with van der Waals surface area (Å²) in [6, 6.07) is 5.98. The Balaban J connectivity index is 1.78. The monoisotopic (exact) mass is 291 g/mol. The molecule has 5 heteroatoms. The molecule has 1 fully saturated rings. The largest absolute Gasteiger partial charge is 0.492 e. The topological polar surface area (TPSA) is 66.8 Å². The van der Waals surface area contributed by atoms with Gasteiger partial charge in [-0.05, 0) is 43.5 Å². The molecule has 2 atom stereocenters. The van der Waals surface area contributed by atoms with Crippen molar-refractivity contribution < 1.29 is 19.4 Å². The number of hydrogen-bond acceptors (Lipinski definition) is 3.